The molecule has 17 heavy (non-hydrogen) atoms. The molecule has 5 heteroatoms. The molecule has 0 aliphatic heterocycles. The first-order chi connectivity index (χ1) is 8.16. The van der Waals surface area contributed by atoms with Crippen LogP contribution in [0.5, 0.6) is 0 Å². The molecular formula is C12H16ClN3O. The van der Waals surface area contributed by atoms with Crippen molar-refractivity contribution in [1.29, 1.82) is 0 Å². The summed E-state index contributed by atoms with van der Waals surface area (Å²) in [5.41, 5.74) is 6.38. The highest BCUT2D eigenvalue weighted by atomic mass is 35.5. The average Bonchev–Trinajstić information content (AvgIpc) is 2.82. The number of nitrogen functional groups attached to an aromatic ring is 1. The zero-order valence-corrected chi connectivity index (χ0v) is 10.3. The van der Waals surface area contributed by atoms with Crippen molar-refractivity contribution in [3.05, 3.63) is 23.0 Å². The van der Waals surface area contributed by atoms with Gasteiger partial charge in [-0.3, -0.25) is 4.79 Å². The van der Waals surface area contributed by atoms with E-state index in [1.54, 1.807) is 6.07 Å². The van der Waals surface area contributed by atoms with Crippen molar-refractivity contribution >= 4 is 23.2 Å². The fourth-order valence-electron chi connectivity index (χ4n) is 2.17. The second-order valence-corrected chi connectivity index (χ2v) is 4.83. The Morgan fingerprint density at radius 1 is 1.53 bits per heavy atom. The molecule has 0 bridgehead atoms. The van der Waals surface area contributed by atoms with Crippen LogP contribution >= 0.6 is 11.6 Å². The van der Waals surface area contributed by atoms with Crippen LogP contribution in [-0.2, 0) is 0 Å². The van der Waals surface area contributed by atoms with Crippen molar-refractivity contribution in [3.63, 3.8) is 0 Å². The number of nitrogens with zero attached hydrogens (tertiary/aromatic N) is 1. The van der Waals surface area contributed by atoms with Crippen LogP contribution in [0.3, 0.4) is 0 Å². The van der Waals surface area contributed by atoms with Crippen molar-refractivity contribution in [3.8, 4) is 0 Å². The lowest BCUT2D eigenvalue weighted by atomic mass is 10.1. The summed E-state index contributed by atoms with van der Waals surface area (Å²) < 4.78 is 0. The molecule has 0 unspecified atom stereocenters. The lowest BCUT2D eigenvalue weighted by Gasteiger charge is -2.11. The van der Waals surface area contributed by atoms with Crippen molar-refractivity contribution in [2.24, 2.45) is 5.92 Å². The van der Waals surface area contributed by atoms with Crippen LogP contribution < -0.4 is 11.1 Å². The smallest absolute Gasteiger partial charge is 0.254 e. The number of hydrogen-bond donors (Lipinski definition) is 2. The van der Waals surface area contributed by atoms with E-state index in [1.807, 2.05) is 0 Å². The van der Waals surface area contributed by atoms with Crippen LogP contribution in [0.1, 0.15) is 36.0 Å². The van der Waals surface area contributed by atoms with E-state index in [0.29, 0.717) is 23.7 Å². The van der Waals surface area contributed by atoms with Gasteiger partial charge in [-0.25, -0.2) is 4.98 Å². The van der Waals surface area contributed by atoms with Crippen molar-refractivity contribution in [2.75, 3.05) is 12.3 Å². The van der Waals surface area contributed by atoms with Crippen LogP contribution in [0.4, 0.5) is 5.69 Å². The number of amides is 1. The minimum Gasteiger partial charge on any atom is -0.397 e. The molecule has 1 amide bonds. The maximum Gasteiger partial charge on any atom is 0.254 e. The number of rotatable bonds is 3. The van der Waals surface area contributed by atoms with E-state index in [2.05, 4.69) is 10.3 Å². The van der Waals surface area contributed by atoms with E-state index < -0.39 is 0 Å². The van der Waals surface area contributed by atoms with E-state index >= 15 is 0 Å². The molecule has 3 N–H and O–H groups in total. The predicted molar refractivity (Wildman–Crippen MR) is 68.0 cm³/mol. The molecule has 1 aromatic rings. The number of pyridine rings is 1. The zero-order valence-electron chi connectivity index (χ0n) is 9.58. The summed E-state index contributed by atoms with van der Waals surface area (Å²) >= 11 is 5.86. The first-order valence-electron chi connectivity index (χ1n) is 5.86. The van der Waals surface area contributed by atoms with Gasteiger partial charge in [-0.15, -0.1) is 0 Å². The summed E-state index contributed by atoms with van der Waals surface area (Å²) in [6, 6.07) is 1.55. The summed E-state index contributed by atoms with van der Waals surface area (Å²) in [6.07, 6.45) is 6.37. The lowest BCUT2D eigenvalue weighted by Crippen LogP contribution is -2.28. The number of carbonyl (C=O) groups is 1. The molecular weight excluding hydrogens is 238 g/mol. The molecule has 0 radical (unpaired) electrons. The summed E-state index contributed by atoms with van der Waals surface area (Å²) in [6.45, 7) is 0.712. The van der Waals surface area contributed by atoms with Gasteiger partial charge in [0.05, 0.1) is 17.4 Å². The first-order valence-corrected chi connectivity index (χ1v) is 6.24. The summed E-state index contributed by atoms with van der Waals surface area (Å²) in [5.74, 6) is 0.411. The highest BCUT2D eigenvalue weighted by molar-refractivity contribution is 6.32. The van der Waals surface area contributed by atoms with Gasteiger partial charge in [0.1, 0.15) is 5.15 Å². The number of nitrogens with one attached hydrogen (secondary N) is 1. The highest BCUT2D eigenvalue weighted by Gasteiger charge is 2.17. The van der Waals surface area contributed by atoms with Gasteiger partial charge < -0.3 is 11.1 Å². The molecule has 0 aromatic carbocycles. The third kappa shape index (κ3) is 3.09. The summed E-state index contributed by atoms with van der Waals surface area (Å²) in [4.78, 5) is 15.7. The van der Waals surface area contributed by atoms with Crippen LogP contribution in [0.25, 0.3) is 0 Å². The molecule has 1 aliphatic carbocycles. The SMILES string of the molecule is Nc1cnc(Cl)c(C(=O)NCC2CCCC2)c1. The monoisotopic (exact) mass is 253 g/mol. The lowest BCUT2D eigenvalue weighted by molar-refractivity contribution is 0.0947. The van der Waals surface area contributed by atoms with Crippen LogP contribution in [0.2, 0.25) is 5.15 Å². The Kier molecular flexibility index (Phi) is 3.84. The summed E-state index contributed by atoms with van der Waals surface area (Å²) in [7, 11) is 0. The van der Waals surface area contributed by atoms with Gasteiger partial charge in [0.15, 0.2) is 0 Å². The van der Waals surface area contributed by atoms with Crippen LogP contribution in [0.15, 0.2) is 12.3 Å². The predicted octanol–water partition coefficient (Wildman–Crippen LogP) is 2.24. The summed E-state index contributed by atoms with van der Waals surface area (Å²) in [5, 5.41) is 3.09. The molecule has 0 spiro atoms. The van der Waals surface area contributed by atoms with Gasteiger partial charge in [-0.05, 0) is 24.8 Å². The number of aromatic nitrogens is 1. The Hall–Kier alpha value is -1.29. The van der Waals surface area contributed by atoms with Gasteiger partial charge in [-0.1, -0.05) is 24.4 Å². The van der Waals surface area contributed by atoms with E-state index in [-0.39, 0.29) is 11.1 Å². The molecule has 1 heterocycles. The van der Waals surface area contributed by atoms with Gasteiger partial charge in [-0.2, -0.15) is 0 Å². The van der Waals surface area contributed by atoms with E-state index in [1.165, 1.54) is 31.9 Å². The topological polar surface area (TPSA) is 68.0 Å². The number of carbonyl (C=O) groups excluding carboxylic acids is 1. The standard InChI is InChI=1S/C12H16ClN3O/c13-11-10(5-9(14)7-15-11)12(17)16-6-8-3-1-2-4-8/h5,7-8H,1-4,6,14H2,(H,16,17). The zero-order chi connectivity index (χ0) is 12.3. The molecule has 92 valence electrons. The third-order valence-electron chi connectivity index (χ3n) is 3.13. The number of halogens is 1. The fourth-order valence-corrected chi connectivity index (χ4v) is 2.36. The highest BCUT2D eigenvalue weighted by Crippen LogP contribution is 2.24. The molecule has 1 saturated carbocycles. The Balaban J connectivity index is 1.96. The average molecular weight is 254 g/mol. The van der Waals surface area contributed by atoms with Crippen molar-refractivity contribution in [2.45, 2.75) is 25.7 Å². The van der Waals surface area contributed by atoms with E-state index in [0.717, 1.165) is 0 Å². The molecule has 0 atom stereocenters. The normalized spacial score (nSPS) is 16.1. The Labute approximate surface area is 106 Å². The molecule has 1 aliphatic rings. The van der Waals surface area contributed by atoms with Gasteiger partial charge in [0.2, 0.25) is 0 Å². The van der Waals surface area contributed by atoms with Gasteiger partial charge >= 0.3 is 0 Å². The van der Waals surface area contributed by atoms with Crippen molar-refractivity contribution < 1.29 is 4.79 Å². The number of anilines is 1. The maximum absolute atomic E-state index is 11.9. The van der Waals surface area contributed by atoms with Crippen LogP contribution in [-0.4, -0.2) is 17.4 Å². The van der Waals surface area contributed by atoms with Gasteiger partial charge in [0.25, 0.3) is 5.91 Å². The largest absolute Gasteiger partial charge is 0.397 e. The maximum atomic E-state index is 11.9. The second kappa shape index (κ2) is 5.36. The Bertz CT molecular complexity index is 416. The molecule has 0 saturated heterocycles. The molecule has 1 aromatic heterocycles. The van der Waals surface area contributed by atoms with Crippen LogP contribution in [0, 0.1) is 5.92 Å². The van der Waals surface area contributed by atoms with E-state index in [9.17, 15) is 4.79 Å². The number of nitrogens with two attached hydrogens (primary N) is 1. The molecule has 2 rings (SSSR count). The van der Waals surface area contributed by atoms with E-state index in [4.69, 9.17) is 17.3 Å². The van der Waals surface area contributed by atoms with Crippen molar-refractivity contribution in [1.82, 2.24) is 10.3 Å². The molecule has 1 fully saturated rings. The fraction of sp³-hybridized carbons (Fsp3) is 0.500. The van der Waals surface area contributed by atoms with Gasteiger partial charge in [0, 0.05) is 6.54 Å². The first kappa shape index (κ1) is 12.2. The molecule has 4 nitrogen and oxygen atoms in total. The third-order valence-corrected chi connectivity index (χ3v) is 3.43. The quantitative estimate of drug-likeness (QED) is 0.812. The Morgan fingerprint density at radius 3 is 2.94 bits per heavy atom. The second-order valence-electron chi connectivity index (χ2n) is 4.47. The number of hydrogen-bond acceptors (Lipinski definition) is 3. The minimum absolute atomic E-state index is 0.193. The minimum atomic E-state index is -0.193. The Morgan fingerprint density at radius 2 is 2.24 bits per heavy atom.